The molecule has 3 N–H and O–H groups in total. The fraction of sp³-hybridized carbons (Fsp3) is 0.130. The van der Waals surface area contributed by atoms with E-state index in [0.29, 0.717) is 12.2 Å². The summed E-state index contributed by atoms with van der Waals surface area (Å²) in [5, 5.41) is 3.11. The average molecular weight is 447 g/mol. The third kappa shape index (κ3) is 3.05. The molecule has 3 aromatic carbocycles. The molecule has 0 unspecified atom stereocenters. The van der Waals surface area contributed by atoms with Gasteiger partial charge in [-0.2, -0.15) is 0 Å². The van der Waals surface area contributed by atoms with E-state index in [0.717, 1.165) is 55.7 Å². The summed E-state index contributed by atoms with van der Waals surface area (Å²) in [6, 6.07) is 18.1. The fourth-order valence-corrected chi connectivity index (χ4v) is 4.27. The second kappa shape index (κ2) is 7.13. The van der Waals surface area contributed by atoms with E-state index in [1.54, 1.807) is 0 Å². The zero-order valence-corrected chi connectivity index (χ0v) is 17.2. The lowest BCUT2D eigenvalue weighted by Gasteiger charge is -2.05. The molecule has 5 aromatic rings. The van der Waals surface area contributed by atoms with Gasteiger partial charge in [0.05, 0.1) is 11.0 Å². The maximum absolute atomic E-state index is 13.0. The van der Waals surface area contributed by atoms with Gasteiger partial charge in [-0.3, -0.25) is 4.79 Å². The van der Waals surface area contributed by atoms with Crippen molar-refractivity contribution >= 4 is 48.6 Å². The normalized spacial score (nSPS) is 11.7. The van der Waals surface area contributed by atoms with E-state index in [4.69, 9.17) is 10.7 Å². The third-order valence-corrected chi connectivity index (χ3v) is 5.78. The highest BCUT2D eigenvalue weighted by Gasteiger charge is 2.16. The Labute approximate surface area is 175 Å². The first kappa shape index (κ1) is 18.1. The topological polar surface area (TPSA) is 76.7 Å². The van der Waals surface area contributed by atoms with Crippen molar-refractivity contribution in [1.29, 1.82) is 0 Å². The molecule has 0 atom stereocenters. The van der Waals surface area contributed by atoms with Crippen molar-refractivity contribution in [3.8, 4) is 11.3 Å². The predicted octanol–water partition coefficient (Wildman–Crippen LogP) is 4.81. The summed E-state index contributed by atoms with van der Waals surface area (Å²) in [4.78, 5) is 20.8. The number of rotatable bonds is 4. The summed E-state index contributed by atoms with van der Waals surface area (Å²) < 4.78 is 3.11. The summed E-state index contributed by atoms with van der Waals surface area (Å²) in [6.07, 6.45) is 2.88. The highest BCUT2D eigenvalue weighted by Crippen LogP contribution is 2.32. The molecular formula is C23H19BrN4O. The number of fused-ring (bicyclic) bond motifs is 4. The molecule has 0 fully saturated rings. The minimum Gasteiger partial charge on any atom is -0.347 e. The van der Waals surface area contributed by atoms with Crippen LogP contribution in [0.4, 0.5) is 0 Å². The van der Waals surface area contributed by atoms with Crippen LogP contribution in [0.2, 0.25) is 0 Å². The summed E-state index contributed by atoms with van der Waals surface area (Å²) in [6.45, 7) is 1.41. The van der Waals surface area contributed by atoms with E-state index < -0.39 is 0 Å². The van der Waals surface area contributed by atoms with Crippen molar-refractivity contribution in [2.75, 3.05) is 6.54 Å². The first-order valence-corrected chi connectivity index (χ1v) is 10.4. The van der Waals surface area contributed by atoms with Crippen molar-refractivity contribution in [1.82, 2.24) is 14.5 Å². The van der Waals surface area contributed by atoms with E-state index in [1.807, 2.05) is 48.7 Å². The van der Waals surface area contributed by atoms with Gasteiger partial charge in [0.2, 0.25) is 0 Å². The fourth-order valence-electron chi connectivity index (χ4n) is 3.91. The van der Waals surface area contributed by atoms with Crippen LogP contribution in [0.25, 0.3) is 44.0 Å². The van der Waals surface area contributed by atoms with Crippen LogP contribution in [0, 0.1) is 0 Å². The van der Waals surface area contributed by atoms with Crippen molar-refractivity contribution in [2.45, 2.75) is 13.0 Å². The Morgan fingerprint density at radius 2 is 1.93 bits per heavy atom. The van der Waals surface area contributed by atoms with Crippen LogP contribution in [0.3, 0.4) is 0 Å². The smallest absolute Gasteiger partial charge is 0.275 e. The van der Waals surface area contributed by atoms with Gasteiger partial charge in [0.1, 0.15) is 5.69 Å². The van der Waals surface area contributed by atoms with Gasteiger partial charge in [-0.25, -0.2) is 4.98 Å². The van der Waals surface area contributed by atoms with Gasteiger partial charge >= 0.3 is 0 Å². The molecule has 0 radical (unpaired) electrons. The molecule has 0 saturated heterocycles. The maximum atomic E-state index is 13.0. The molecule has 6 heteroatoms. The molecule has 144 valence electrons. The van der Waals surface area contributed by atoms with Crippen molar-refractivity contribution in [2.24, 2.45) is 5.73 Å². The van der Waals surface area contributed by atoms with Crippen molar-refractivity contribution in [3.63, 3.8) is 0 Å². The standard InChI is InChI=1S/C23H19BrN4O/c24-15-7-9-20-17(12-15)18(13-28(20)11-3-10-25)22-23(29)26-19-8-6-14-4-1-2-5-16(14)21(19)27-22/h1-2,4-9,12-13H,3,10-11,25H2,(H,26,29). The Bertz CT molecular complexity index is 1430. The van der Waals surface area contributed by atoms with Crippen LogP contribution >= 0.6 is 15.9 Å². The first-order chi connectivity index (χ1) is 14.2. The van der Waals surface area contributed by atoms with E-state index in [2.05, 4.69) is 37.6 Å². The van der Waals surface area contributed by atoms with Gasteiger partial charge in [-0.15, -0.1) is 0 Å². The lowest BCUT2D eigenvalue weighted by molar-refractivity contribution is 0.671. The van der Waals surface area contributed by atoms with Crippen LogP contribution in [-0.4, -0.2) is 21.1 Å². The molecule has 0 bridgehead atoms. The van der Waals surface area contributed by atoms with E-state index in [-0.39, 0.29) is 5.56 Å². The molecule has 5 nitrogen and oxygen atoms in total. The number of hydrogen-bond donors (Lipinski definition) is 2. The number of nitrogens with one attached hydrogen (secondary N) is 1. The third-order valence-electron chi connectivity index (χ3n) is 5.29. The van der Waals surface area contributed by atoms with Crippen LogP contribution in [0.1, 0.15) is 6.42 Å². The molecular weight excluding hydrogens is 428 g/mol. The Balaban J connectivity index is 1.82. The molecule has 0 aliphatic rings. The van der Waals surface area contributed by atoms with Gasteiger partial charge < -0.3 is 15.3 Å². The molecule has 0 aliphatic heterocycles. The number of H-pyrrole nitrogens is 1. The summed E-state index contributed by atoms with van der Waals surface area (Å²) in [7, 11) is 0. The molecule has 2 heterocycles. The molecule has 5 rings (SSSR count). The maximum Gasteiger partial charge on any atom is 0.275 e. The first-order valence-electron chi connectivity index (χ1n) is 9.56. The van der Waals surface area contributed by atoms with Gasteiger partial charge in [-0.05, 0) is 42.6 Å². The molecule has 0 saturated carbocycles. The summed E-state index contributed by atoms with van der Waals surface area (Å²) in [5.41, 5.74) is 9.39. The number of hydrogen-bond acceptors (Lipinski definition) is 3. The second-order valence-corrected chi connectivity index (χ2v) is 8.05. The monoisotopic (exact) mass is 446 g/mol. The zero-order valence-electron chi connectivity index (χ0n) is 15.7. The number of aryl methyl sites for hydroxylation is 1. The van der Waals surface area contributed by atoms with Gasteiger partial charge in [-0.1, -0.05) is 46.3 Å². The van der Waals surface area contributed by atoms with E-state index >= 15 is 0 Å². The Morgan fingerprint density at radius 3 is 2.79 bits per heavy atom. The number of aromatic amines is 1. The van der Waals surface area contributed by atoms with Crippen molar-refractivity contribution < 1.29 is 0 Å². The Morgan fingerprint density at radius 1 is 1.07 bits per heavy atom. The molecule has 0 spiro atoms. The Hall–Kier alpha value is -2.96. The number of nitrogens with two attached hydrogens (primary N) is 1. The van der Waals surface area contributed by atoms with E-state index in [1.165, 1.54) is 0 Å². The lowest BCUT2D eigenvalue weighted by Crippen LogP contribution is -2.11. The van der Waals surface area contributed by atoms with Crippen molar-refractivity contribution in [3.05, 3.63) is 75.6 Å². The molecule has 0 aliphatic carbocycles. The average Bonchev–Trinajstić information content (AvgIpc) is 3.09. The quantitative estimate of drug-likeness (QED) is 0.388. The minimum absolute atomic E-state index is 0.189. The second-order valence-electron chi connectivity index (χ2n) is 7.14. The number of halogens is 1. The number of benzene rings is 3. The van der Waals surface area contributed by atoms with Crippen LogP contribution in [0.15, 0.2) is 70.1 Å². The van der Waals surface area contributed by atoms with Gasteiger partial charge in [0.25, 0.3) is 5.56 Å². The van der Waals surface area contributed by atoms with Crippen LogP contribution < -0.4 is 11.3 Å². The Kier molecular flexibility index (Phi) is 4.45. The van der Waals surface area contributed by atoms with Gasteiger partial charge in [0, 0.05) is 39.1 Å². The number of aromatic nitrogens is 3. The molecule has 0 amide bonds. The summed E-state index contributed by atoms with van der Waals surface area (Å²) in [5.74, 6) is 0. The molecule has 29 heavy (non-hydrogen) atoms. The molecule has 2 aromatic heterocycles. The SMILES string of the molecule is NCCCn1cc(-c2nc3c(ccc4ccccc43)[nH]c2=O)c2cc(Br)ccc21. The van der Waals surface area contributed by atoms with Crippen LogP contribution in [0.5, 0.6) is 0 Å². The highest BCUT2D eigenvalue weighted by molar-refractivity contribution is 9.10. The van der Waals surface area contributed by atoms with E-state index in [9.17, 15) is 4.79 Å². The zero-order chi connectivity index (χ0) is 20.0. The summed E-state index contributed by atoms with van der Waals surface area (Å²) >= 11 is 3.56. The van der Waals surface area contributed by atoms with Gasteiger partial charge in [0.15, 0.2) is 0 Å². The largest absolute Gasteiger partial charge is 0.347 e. The highest BCUT2D eigenvalue weighted by atomic mass is 79.9. The predicted molar refractivity (Wildman–Crippen MR) is 122 cm³/mol. The minimum atomic E-state index is -0.189. The lowest BCUT2D eigenvalue weighted by atomic mass is 10.1. The number of nitrogens with zero attached hydrogens (tertiary/aromatic N) is 2. The van der Waals surface area contributed by atoms with Crippen LogP contribution in [-0.2, 0) is 6.54 Å².